The van der Waals surface area contributed by atoms with Gasteiger partial charge in [0.2, 0.25) is 0 Å². The van der Waals surface area contributed by atoms with Gasteiger partial charge in [-0.3, -0.25) is 9.48 Å². The average molecular weight is 300 g/mol. The molecule has 1 saturated carbocycles. The van der Waals surface area contributed by atoms with Crippen molar-refractivity contribution >= 4 is 0 Å². The average Bonchev–Trinajstić information content (AvgIpc) is 3.14. The van der Waals surface area contributed by atoms with Crippen molar-refractivity contribution in [3.05, 3.63) is 51.7 Å². The van der Waals surface area contributed by atoms with Gasteiger partial charge >= 0.3 is 6.18 Å². The van der Waals surface area contributed by atoms with E-state index in [1.165, 1.54) is 17.8 Å². The summed E-state index contributed by atoms with van der Waals surface area (Å²) in [6, 6.07) is 4.32. The molecule has 0 spiro atoms. The summed E-state index contributed by atoms with van der Waals surface area (Å²) in [5.74, 6) is -1.19. The number of nitrogens with zero attached hydrogens (tertiary/aromatic N) is 2. The predicted octanol–water partition coefficient (Wildman–Crippen LogP) is 3.21. The van der Waals surface area contributed by atoms with Crippen LogP contribution in [0.4, 0.5) is 17.6 Å². The molecule has 7 heteroatoms. The maximum atomic E-state index is 13.6. The number of hydrogen-bond acceptors (Lipinski definition) is 1. The minimum atomic E-state index is -4.87. The first-order valence-corrected chi connectivity index (χ1v) is 6.45. The standard InChI is InChI=1S/C14H12F4N2O/c1-19-11(8-5-6-8)7-12(21)20(19)10-4-2-3-9(15)13(10)14(16,17)18/h2-4,7-8H,5-6H2,1H3. The van der Waals surface area contributed by atoms with Crippen LogP contribution in [0.25, 0.3) is 5.69 Å². The van der Waals surface area contributed by atoms with Crippen molar-refractivity contribution in [1.29, 1.82) is 0 Å². The van der Waals surface area contributed by atoms with Crippen molar-refractivity contribution in [2.24, 2.45) is 7.05 Å². The lowest BCUT2D eigenvalue weighted by Crippen LogP contribution is -2.24. The minimum Gasteiger partial charge on any atom is -0.285 e. The minimum absolute atomic E-state index is 0.201. The van der Waals surface area contributed by atoms with Crippen molar-refractivity contribution in [2.75, 3.05) is 0 Å². The highest BCUT2D eigenvalue weighted by molar-refractivity contribution is 5.44. The van der Waals surface area contributed by atoms with Crippen LogP contribution < -0.4 is 5.56 Å². The van der Waals surface area contributed by atoms with Crippen LogP contribution in [0.5, 0.6) is 0 Å². The fraction of sp³-hybridized carbons (Fsp3) is 0.357. The Kier molecular flexibility index (Phi) is 2.96. The molecule has 1 aromatic carbocycles. The summed E-state index contributed by atoms with van der Waals surface area (Å²) in [6.45, 7) is 0. The van der Waals surface area contributed by atoms with Gasteiger partial charge in [0.25, 0.3) is 5.56 Å². The largest absolute Gasteiger partial charge is 0.421 e. The molecule has 0 bridgehead atoms. The van der Waals surface area contributed by atoms with E-state index in [1.807, 2.05) is 0 Å². The third-order valence-corrected chi connectivity index (χ3v) is 3.65. The van der Waals surface area contributed by atoms with Crippen LogP contribution in [0.2, 0.25) is 0 Å². The Hall–Kier alpha value is -2.05. The van der Waals surface area contributed by atoms with Gasteiger partial charge in [0.1, 0.15) is 11.4 Å². The maximum absolute atomic E-state index is 13.6. The lowest BCUT2D eigenvalue weighted by molar-refractivity contribution is -0.140. The van der Waals surface area contributed by atoms with Crippen molar-refractivity contribution < 1.29 is 17.6 Å². The number of benzene rings is 1. The second-order valence-corrected chi connectivity index (χ2v) is 5.15. The highest BCUT2D eigenvalue weighted by Gasteiger charge is 2.38. The lowest BCUT2D eigenvalue weighted by Gasteiger charge is -2.16. The quantitative estimate of drug-likeness (QED) is 0.782. The Morgan fingerprint density at radius 3 is 2.48 bits per heavy atom. The third-order valence-electron chi connectivity index (χ3n) is 3.65. The van der Waals surface area contributed by atoms with Crippen LogP contribution in [-0.4, -0.2) is 9.36 Å². The molecule has 1 aromatic heterocycles. The Morgan fingerprint density at radius 2 is 1.90 bits per heavy atom. The summed E-state index contributed by atoms with van der Waals surface area (Å²) < 4.78 is 55.1. The summed E-state index contributed by atoms with van der Waals surface area (Å²) in [7, 11) is 1.51. The molecule has 0 atom stereocenters. The predicted molar refractivity (Wildman–Crippen MR) is 67.9 cm³/mol. The Morgan fingerprint density at radius 1 is 1.24 bits per heavy atom. The smallest absolute Gasteiger partial charge is 0.285 e. The van der Waals surface area contributed by atoms with Gasteiger partial charge in [0.15, 0.2) is 0 Å². The zero-order valence-electron chi connectivity index (χ0n) is 11.1. The number of halogens is 4. The molecule has 3 nitrogen and oxygen atoms in total. The lowest BCUT2D eigenvalue weighted by atomic mass is 10.1. The SMILES string of the molecule is Cn1c(C2CC2)cc(=O)n1-c1cccc(F)c1C(F)(F)F. The van der Waals surface area contributed by atoms with Crippen LogP contribution in [-0.2, 0) is 13.2 Å². The summed E-state index contributed by atoms with van der Waals surface area (Å²) >= 11 is 0. The summed E-state index contributed by atoms with van der Waals surface area (Å²) in [5.41, 5.74) is -1.81. The van der Waals surface area contributed by atoms with Crippen molar-refractivity contribution in [3.8, 4) is 5.69 Å². The molecule has 1 aliphatic carbocycles. The normalized spacial score (nSPS) is 15.5. The molecule has 0 saturated heterocycles. The molecule has 1 heterocycles. The van der Waals surface area contributed by atoms with Crippen LogP contribution in [0.1, 0.15) is 30.0 Å². The van der Waals surface area contributed by atoms with Crippen LogP contribution in [0, 0.1) is 5.82 Å². The molecule has 0 radical (unpaired) electrons. The first-order chi connectivity index (χ1) is 9.80. The highest BCUT2D eigenvalue weighted by Crippen LogP contribution is 2.40. The molecule has 21 heavy (non-hydrogen) atoms. The molecular weight excluding hydrogens is 288 g/mol. The van der Waals surface area contributed by atoms with Gasteiger partial charge in [-0.25, -0.2) is 9.07 Å². The van der Waals surface area contributed by atoms with Crippen molar-refractivity contribution in [2.45, 2.75) is 24.9 Å². The van der Waals surface area contributed by atoms with Gasteiger partial charge in [-0.05, 0) is 25.0 Å². The number of rotatable bonds is 2. The van der Waals surface area contributed by atoms with E-state index < -0.39 is 28.8 Å². The van der Waals surface area contributed by atoms with E-state index >= 15 is 0 Å². The Balaban J connectivity index is 2.27. The molecule has 2 aromatic rings. The monoisotopic (exact) mass is 300 g/mol. The van der Waals surface area contributed by atoms with Crippen molar-refractivity contribution in [3.63, 3.8) is 0 Å². The zero-order valence-corrected chi connectivity index (χ0v) is 11.1. The molecular formula is C14H12F4N2O. The Bertz CT molecular complexity index is 753. The van der Waals surface area contributed by atoms with E-state index in [-0.39, 0.29) is 5.92 Å². The molecule has 1 fully saturated rings. The van der Waals surface area contributed by atoms with E-state index in [2.05, 4.69) is 0 Å². The Labute approximate surface area is 117 Å². The second-order valence-electron chi connectivity index (χ2n) is 5.15. The number of alkyl halides is 3. The van der Waals surface area contributed by atoms with Gasteiger partial charge in [-0.1, -0.05) is 6.07 Å². The number of aromatic nitrogens is 2. The van der Waals surface area contributed by atoms with Crippen LogP contribution in [0.3, 0.4) is 0 Å². The van der Waals surface area contributed by atoms with E-state index in [1.54, 1.807) is 0 Å². The summed E-state index contributed by atoms with van der Waals surface area (Å²) in [4.78, 5) is 12.0. The second kappa shape index (κ2) is 4.47. The van der Waals surface area contributed by atoms with Crippen LogP contribution in [0.15, 0.2) is 29.1 Å². The first kappa shape index (κ1) is 13.9. The van der Waals surface area contributed by atoms with E-state index in [0.717, 1.165) is 35.7 Å². The molecule has 0 unspecified atom stereocenters. The molecule has 1 aliphatic rings. The molecule has 3 rings (SSSR count). The van der Waals surface area contributed by atoms with Gasteiger partial charge in [-0.15, -0.1) is 0 Å². The van der Waals surface area contributed by atoms with E-state index in [9.17, 15) is 22.4 Å². The van der Waals surface area contributed by atoms with Gasteiger partial charge in [0, 0.05) is 24.7 Å². The van der Waals surface area contributed by atoms with Gasteiger partial charge in [-0.2, -0.15) is 13.2 Å². The fourth-order valence-electron chi connectivity index (χ4n) is 2.56. The number of hydrogen-bond donors (Lipinski definition) is 0. The molecule has 0 aliphatic heterocycles. The topological polar surface area (TPSA) is 26.9 Å². The van der Waals surface area contributed by atoms with Crippen molar-refractivity contribution in [1.82, 2.24) is 9.36 Å². The third kappa shape index (κ3) is 2.26. The molecule has 0 N–H and O–H groups in total. The van der Waals surface area contributed by atoms with Crippen LogP contribution >= 0.6 is 0 Å². The maximum Gasteiger partial charge on any atom is 0.421 e. The highest BCUT2D eigenvalue weighted by atomic mass is 19.4. The zero-order chi connectivity index (χ0) is 15.4. The first-order valence-electron chi connectivity index (χ1n) is 6.45. The van der Waals surface area contributed by atoms with E-state index in [4.69, 9.17) is 0 Å². The molecule has 0 amide bonds. The summed E-state index contributed by atoms with van der Waals surface area (Å²) in [6.07, 6.45) is -3.05. The molecule has 112 valence electrons. The van der Waals surface area contributed by atoms with Gasteiger partial charge in [0.05, 0.1) is 5.69 Å². The fourth-order valence-corrected chi connectivity index (χ4v) is 2.56. The van der Waals surface area contributed by atoms with E-state index in [0.29, 0.717) is 5.69 Å². The van der Waals surface area contributed by atoms with Gasteiger partial charge < -0.3 is 0 Å². The summed E-state index contributed by atoms with van der Waals surface area (Å²) in [5, 5.41) is 0.